The van der Waals surface area contributed by atoms with E-state index in [-0.39, 0.29) is 5.78 Å². The standard InChI is InChI=1S/C15H17N3O/c1-18-8-7-17-15(18)9-14(19)13-4-2-3-11-10-16-6-5-12(11)13/h2-4,7-8,16H,5-6,9-10H2,1H3. The van der Waals surface area contributed by atoms with Crippen molar-refractivity contribution in [1.29, 1.82) is 0 Å². The molecule has 0 amide bonds. The number of carbonyl (C=O) groups is 1. The molecule has 98 valence electrons. The molecule has 0 aliphatic carbocycles. The van der Waals surface area contributed by atoms with E-state index in [1.54, 1.807) is 6.20 Å². The molecule has 2 aromatic rings. The Kier molecular flexibility index (Phi) is 3.17. The number of aromatic nitrogens is 2. The minimum atomic E-state index is 0.160. The zero-order valence-electron chi connectivity index (χ0n) is 11.0. The number of hydrogen-bond acceptors (Lipinski definition) is 3. The van der Waals surface area contributed by atoms with Crippen LogP contribution in [0.2, 0.25) is 0 Å². The van der Waals surface area contributed by atoms with Crippen LogP contribution in [0.4, 0.5) is 0 Å². The van der Waals surface area contributed by atoms with Gasteiger partial charge in [0.15, 0.2) is 5.78 Å². The van der Waals surface area contributed by atoms with Gasteiger partial charge >= 0.3 is 0 Å². The van der Waals surface area contributed by atoms with Gasteiger partial charge in [0.2, 0.25) is 0 Å². The van der Waals surface area contributed by atoms with Crippen LogP contribution < -0.4 is 5.32 Å². The van der Waals surface area contributed by atoms with E-state index in [1.807, 2.05) is 29.9 Å². The Balaban J connectivity index is 1.90. The van der Waals surface area contributed by atoms with E-state index in [9.17, 15) is 4.79 Å². The van der Waals surface area contributed by atoms with Gasteiger partial charge in [0.1, 0.15) is 5.82 Å². The highest BCUT2D eigenvalue weighted by Gasteiger charge is 2.18. The largest absolute Gasteiger partial charge is 0.338 e. The summed E-state index contributed by atoms with van der Waals surface area (Å²) in [7, 11) is 1.92. The molecule has 0 saturated heterocycles. The maximum atomic E-state index is 12.5. The average Bonchev–Trinajstić information content (AvgIpc) is 2.83. The molecule has 0 fully saturated rings. The lowest BCUT2D eigenvalue weighted by Gasteiger charge is -2.19. The third kappa shape index (κ3) is 2.31. The third-order valence-corrected chi connectivity index (χ3v) is 3.68. The van der Waals surface area contributed by atoms with Crippen molar-refractivity contribution in [2.45, 2.75) is 19.4 Å². The molecule has 19 heavy (non-hydrogen) atoms. The number of rotatable bonds is 3. The number of benzene rings is 1. The lowest BCUT2D eigenvalue weighted by Crippen LogP contribution is -2.25. The van der Waals surface area contributed by atoms with E-state index < -0.39 is 0 Å². The Morgan fingerprint density at radius 1 is 1.47 bits per heavy atom. The summed E-state index contributed by atoms with van der Waals surface area (Å²) in [6.07, 6.45) is 4.89. The van der Waals surface area contributed by atoms with Gasteiger partial charge in [-0.3, -0.25) is 4.79 Å². The molecule has 2 heterocycles. The fraction of sp³-hybridized carbons (Fsp3) is 0.333. The van der Waals surface area contributed by atoms with Gasteiger partial charge in [0, 0.05) is 31.5 Å². The number of aryl methyl sites for hydroxylation is 1. The Hall–Kier alpha value is -1.94. The van der Waals surface area contributed by atoms with E-state index in [2.05, 4.69) is 16.4 Å². The number of nitrogens with zero attached hydrogens (tertiary/aromatic N) is 2. The first-order chi connectivity index (χ1) is 9.25. The fourth-order valence-corrected chi connectivity index (χ4v) is 2.60. The first-order valence-corrected chi connectivity index (χ1v) is 6.56. The average molecular weight is 255 g/mol. The molecule has 1 aromatic heterocycles. The van der Waals surface area contributed by atoms with Crippen molar-refractivity contribution in [2.24, 2.45) is 7.05 Å². The quantitative estimate of drug-likeness (QED) is 0.845. The van der Waals surface area contributed by atoms with Gasteiger partial charge in [-0.1, -0.05) is 18.2 Å². The van der Waals surface area contributed by atoms with Crippen LogP contribution in [-0.2, 0) is 26.4 Å². The summed E-state index contributed by atoms with van der Waals surface area (Å²) >= 11 is 0. The van der Waals surface area contributed by atoms with E-state index in [0.717, 1.165) is 30.9 Å². The second-order valence-electron chi connectivity index (χ2n) is 4.92. The minimum Gasteiger partial charge on any atom is -0.338 e. The van der Waals surface area contributed by atoms with E-state index in [1.165, 1.54) is 11.1 Å². The highest BCUT2D eigenvalue weighted by atomic mass is 16.1. The first kappa shape index (κ1) is 12.1. The van der Waals surface area contributed by atoms with Crippen molar-refractivity contribution >= 4 is 5.78 Å². The molecule has 4 nitrogen and oxygen atoms in total. The number of fused-ring (bicyclic) bond motifs is 1. The summed E-state index contributed by atoms with van der Waals surface area (Å²) in [5.41, 5.74) is 3.32. The van der Waals surface area contributed by atoms with Crippen LogP contribution >= 0.6 is 0 Å². The summed E-state index contributed by atoms with van der Waals surface area (Å²) in [5.74, 6) is 0.976. The maximum absolute atomic E-state index is 12.5. The normalized spacial score (nSPS) is 14.2. The second kappa shape index (κ2) is 4.97. The lowest BCUT2D eigenvalue weighted by atomic mass is 9.92. The Bertz CT molecular complexity index is 616. The highest BCUT2D eigenvalue weighted by molar-refractivity contribution is 5.98. The van der Waals surface area contributed by atoms with Gasteiger partial charge in [0.25, 0.3) is 0 Å². The fourth-order valence-electron chi connectivity index (χ4n) is 2.60. The van der Waals surface area contributed by atoms with Crippen molar-refractivity contribution in [2.75, 3.05) is 6.54 Å². The molecular formula is C15H17N3O. The van der Waals surface area contributed by atoms with Gasteiger partial charge < -0.3 is 9.88 Å². The second-order valence-corrected chi connectivity index (χ2v) is 4.92. The third-order valence-electron chi connectivity index (χ3n) is 3.68. The molecule has 0 atom stereocenters. The molecule has 1 aliphatic rings. The van der Waals surface area contributed by atoms with E-state index in [0.29, 0.717) is 6.42 Å². The van der Waals surface area contributed by atoms with Gasteiger partial charge in [-0.15, -0.1) is 0 Å². The predicted octanol–water partition coefficient (Wildman–Crippen LogP) is 1.49. The Labute approximate surface area is 112 Å². The molecule has 0 spiro atoms. The van der Waals surface area contributed by atoms with Crippen molar-refractivity contribution < 1.29 is 4.79 Å². The molecule has 1 aliphatic heterocycles. The van der Waals surface area contributed by atoms with E-state index >= 15 is 0 Å². The van der Waals surface area contributed by atoms with Crippen molar-refractivity contribution in [3.05, 3.63) is 53.1 Å². The first-order valence-electron chi connectivity index (χ1n) is 6.56. The molecule has 1 N–H and O–H groups in total. The zero-order valence-corrected chi connectivity index (χ0v) is 11.0. The van der Waals surface area contributed by atoms with Gasteiger partial charge in [-0.2, -0.15) is 0 Å². The van der Waals surface area contributed by atoms with Gasteiger partial charge in [-0.05, 0) is 24.1 Å². The number of nitrogens with one attached hydrogen (secondary N) is 1. The van der Waals surface area contributed by atoms with Crippen LogP contribution in [0.3, 0.4) is 0 Å². The van der Waals surface area contributed by atoms with E-state index in [4.69, 9.17) is 0 Å². The predicted molar refractivity (Wildman–Crippen MR) is 73.1 cm³/mol. The maximum Gasteiger partial charge on any atom is 0.170 e. The molecule has 0 bridgehead atoms. The molecule has 3 rings (SSSR count). The molecule has 4 heteroatoms. The van der Waals surface area contributed by atoms with Crippen LogP contribution in [0.1, 0.15) is 27.3 Å². The Morgan fingerprint density at radius 3 is 3.16 bits per heavy atom. The molecule has 0 unspecified atom stereocenters. The van der Waals surface area contributed by atoms with Crippen LogP contribution in [0, 0.1) is 0 Å². The number of carbonyl (C=O) groups excluding carboxylic acids is 1. The Morgan fingerprint density at radius 2 is 2.37 bits per heavy atom. The zero-order chi connectivity index (χ0) is 13.2. The summed E-state index contributed by atoms with van der Waals surface area (Å²) < 4.78 is 1.90. The molecule has 0 radical (unpaired) electrons. The SMILES string of the molecule is Cn1ccnc1CC(=O)c1cccc2c1CCNC2. The topological polar surface area (TPSA) is 46.9 Å². The number of hydrogen-bond donors (Lipinski definition) is 1. The summed E-state index contributed by atoms with van der Waals surface area (Å²) in [6.45, 7) is 1.80. The minimum absolute atomic E-state index is 0.160. The monoisotopic (exact) mass is 255 g/mol. The summed E-state index contributed by atoms with van der Waals surface area (Å²) in [6, 6.07) is 6.01. The molecule has 0 saturated carbocycles. The van der Waals surface area contributed by atoms with Crippen LogP contribution in [0.25, 0.3) is 0 Å². The van der Waals surface area contributed by atoms with Crippen molar-refractivity contribution in [3.63, 3.8) is 0 Å². The number of imidazole rings is 1. The van der Waals surface area contributed by atoms with Gasteiger partial charge in [-0.25, -0.2) is 4.98 Å². The summed E-state index contributed by atoms with van der Waals surface area (Å²) in [5, 5.41) is 3.33. The van der Waals surface area contributed by atoms with Crippen molar-refractivity contribution in [3.8, 4) is 0 Å². The van der Waals surface area contributed by atoms with Crippen LogP contribution in [0.5, 0.6) is 0 Å². The number of ketones is 1. The van der Waals surface area contributed by atoms with Crippen LogP contribution in [-0.4, -0.2) is 21.9 Å². The molecule has 1 aromatic carbocycles. The smallest absolute Gasteiger partial charge is 0.170 e. The van der Waals surface area contributed by atoms with Gasteiger partial charge in [0.05, 0.1) is 6.42 Å². The van der Waals surface area contributed by atoms with Crippen molar-refractivity contribution in [1.82, 2.24) is 14.9 Å². The summed E-state index contributed by atoms with van der Waals surface area (Å²) in [4.78, 5) is 16.7. The highest BCUT2D eigenvalue weighted by Crippen LogP contribution is 2.20. The number of Topliss-reactive ketones (excluding diaryl/α,β-unsaturated/α-hetero) is 1. The van der Waals surface area contributed by atoms with Crippen LogP contribution in [0.15, 0.2) is 30.6 Å². The molecular weight excluding hydrogens is 238 g/mol. The lowest BCUT2D eigenvalue weighted by molar-refractivity contribution is 0.0989.